The Bertz CT molecular complexity index is 320. The van der Waals surface area contributed by atoms with Crippen LogP contribution in [0.25, 0.3) is 0 Å². The van der Waals surface area contributed by atoms with E-state index in [0.717, 1.165) is 32.1 Å². The average molecular weight is 286 g/mol. The molecule has 0 aromatic carbocycles. The van der Waals surface area contributed by atoms with Gasteiger partial charge in [-0.2, -0.15) is 0 Å². The fourth-order valence-electron chi connectivity index (χ4n) is 2.38. The van der Waals surface area contributed by atoms with Gasteiger partial charge in [-0.15, -0.1) is 0 Å². The lowest BCUT2D eigenvalue weighted by atomic mass is 9.76. The second-order valence-electron chi connectivity index (χ2n) is 5.98. The molecule has 0 unspecified atom stereocenters. The number of nitrogens with zero attached hydrogens (tertiary/aromatic N) is 1. The first kappa shape index (κ1) is 18.4. The summed E-state index contributed by atoms with van der Waals surface area (Å²) in [5.41, 5.74) is 5.11. The zero-order valence-corrected chi connectivity index (χ0v) is 14.2. The number of thiocarbonyl (C=S) groups is 1. The van der Waals surface area contributed by atoms with E-state index in [1.807, 2.05) is 11.9 Å². The predicted octanol–water partition coefficient (Wildman–Crippen LogP) is 3.51. The summed E-state index contributed by atoms with van der Waals surface area (Å²) in [6.45, 7) is 10.4. The molecular weight excluding hydrogens is 256 g/mol. The van der Waals surface area contributed by atoms with Crippen LogP contribution in [0.15, 0.2) is 0 Å². The Morgan fingerprint density at radius 1 is 1.16 bits per heavy atom. The molecule has 19 heavy (non-hydrogen) atoms. The van der Waals surface area contributed by atoms with Crippen molar-refractivity contribution in [3.05, 3.63) is 0 Å². The van der Waals surface area contributed by atoms with Gasteiger partial charge in [0.2, 0.25) is 5.91 Å². The number of carbonyl (C=O) groups excluding carboxylic acids is 1. The molecule has 0 aliphatic rings. The molecule has 0 rings (SSSR count). The normalized spacial score (nSPS) is 12.3. The molecule has 0 radical (unpaired) electrons. The summed E-state index contributed by atoms with van der Waals surface area (Å²) < 4.78 is 0. The summed E-state index contributed by atoms with van der Waals surface area (Å²) >= 11 is 5.24. The standard InChI is InChI=1S/C15H30N2OS/c1-7-10-15(11-8-2,12(16)19)13(18)17(6)14(4,5)9-3/h7-11H2,1-6H3,(H2,16,19). The molecule has 0 heterocycles. The van der Waals surface area contributed by atoms with Crippen LogP contribution in [-0.2, 0) is 4.79 Å². The summed E-state index contributed by atoms with van der Waals surface area (Å²) in [6, 6.07) is 0. The van der Waals surface area contributed by atoms with Crippen molar-refractivity contribution in [3.8, 4) is 0 Å². The van der Waals surface area contributed by atoms with Crippen LogP contribution in [0.2, 0.25) is 0 Å². The van der Waals surface area contributed by atoms with Gasteiger partial charge in [0.25, 0.3) is 0 Å². The number of hydrogen-bond donors (Lipinski definition) is 1. The van der Waals surface area contributed by atoms with Gasteiger partial charge in [-0.25, -0.2) is 0 Å². The number of rotatable bonds is 8. The SMILES string of the molecule is CCCC(CCC)(C(=O)N(C)C(C)(C)CC)C(N)=S. The smallest absolute Gasteiger partial charge is 0.235 e. The Labute approximate surface area is 123 Å². The molecule has 0 fully saturated rings. The van der Waals surface area contributed by atoms with Crippen molar-refractivity contribution in [1.82, 2.24) is 4.90 Å². The Morgan fingerprint density at radius 3 is 1.84 bits per heavy atom. The van der Waals surface area contributed by atoms with Gasteiger partial charge in [0.15, 0.2) is 0 Å². The molecule has 112 valence electrons. The van der Waals surface area contributed by atoms with E-state index in [-0.39, 0.29) is 11.4 Å². The molecule has 0 saturated carbocycles. The van der Waals surface area contributed by atoms with Crippen LogP contribution in [-0.4, -0.2) is 28.4 Å². The fourth-order valence-corrected chi connectivity index (χ4v) is 2.67. The largest absolute Gasteiger partial charge is 0.392 e. The summed E-state index contributed by atoms with van der Waals surface area (Å²) in [6.07, 6.45) is 4.19. The first-order valence-corrected chi connectivity index (χ1v) is 7.68. The monoisotopic (exact) mass is 286 g/mol. The molecule has 0 spiro atoms. The maximum atomic E-state index is 13.0. The van der Waals surface area contributed by atoms with Gasteiger partial charge in [0.1, 0.15) is 0 Å². The third kappa shape index (κ3) is 3.91. The minimum absolute atomic E-state index is 0.0792. The van der Waals surface area contributed by atoms with Gasteiger partial charge >= 0.3 is 0 Å². The molecule has 0 aromatic heterocycles. The first-order valence-electron chi connectivity index (χ1n) is 7.27. The Hall–Kier alpha value is -0.640. The highest BCUT2D eigenvalue weighted by Gasteiger charge is 2.44. The Balaban J connectivity index is 5.48. The summed E-state index contributed by atoms with van der Waals surface area (Å²) in [4.78, 5) is 15.1. The molecule has 3 nitrogen and oxygen atoms in total. The molecule has 1 amide bonds. The van der Waals surface area contributed by atoms with E-state index >= 15 is 0 Å². The van der Waals surface area contributed by atoms with Gasteiger partial charge in [0.05, 0.1) is 10.4 Å². The Kier molecular flexibility index (Phi) is 6.98. The highest BCUT2D eigenvalue weighted by molar-refractivity contribution is 7.80. The number of hydrogen-bond acceptors (Lipinski definition) is 2. The van der Waals surface area contributed by atoms with E-state index < -0.39 is 5.41 Å². The van der Waals surface area contributed by atoms with E-state index in [9.17, 15) is 4.79 Å². The molecule has 0 aliphatic carbocycles. The van der Waals surface area contributed by atoms with Crippen LogP contribution in [0.1, 0.15) is 66.7 Å². The van der Waals surface area contributed by atoms with E-state index in [4.69, 9.17) is 18.0 Å². The van der Waals surface area contributed by atoms with Gasteiger partial charge in [-0.3, -0.25) is 4.79 Å². The predicted molar refractivity (Wildman–Crippen MR) is 86.2 cm³/mol. The lowest BCUT2D eigenvalue weighted by Crippen LogP contribution is -2.55. The Morgan fingerprint density at radius 2 is 1.58 bits per heavy atom. The lowest BCUT2D eigenvalue weighted by Gasteiger charge is -2.42. The van der Waals surface area contributed by atoms with Crippen molar-refractivity contribution < 1.29 is 4.79 Å². The van der Waals surface area contributed by atoms with Gasteiger partial charge < -0.3 is 10.6 Å². The van der Waals surface area contributed by atoms with E-state index in [0.29, 0.717) is 4.99 Å². The van der Waals surface area contributed by atoms with E-state index in [1.54, 1.807) is 0 Å². The van der Waals surface area contributed by atoms with Crippen molar-refractivity contribution in [1.29, 1.82) is 0 Å². The van der Waals surface area contributed by atoms with Crippen molar-refractivity contribution in [2.75, 3.05) is 7.05 Å². The van der Waals surface area contributed by atoms with E-state index in [1.165, 1.54) is 0 Å². The zero-order valence-electron chi connectivity index (χ0n) is 13.4. The van der Waals surface area contributed by atoms with Gasteiger partial charge in [0, 0.05) is 12.6 Å². The van der Waals surface area contributed by atoms with Gasteiger partial charge in [-0.05, 0) is 33.1 Å². The quantitative estimate of drug-likeness (QED) is 0.695. The van der Waals surface area contributed by atoms with Crippen molar-refractivity contribution in [3.63, 3.8) is 0 Å². The van der Waals surface area contributed by atoms with Crippen LogP contribution in [0.5, 0.6) is 0 Å². The van der Waals surface area contributed by atoms with Crippen LogP contribution < -0.4 is 5.73 Å². The number of nitrogens with two attached hydrogens (primary N) is 1. The maximum absolute atomic E-state index is 13.0. The highest BCUT2D eigenvalue weighted by atomic mass is 32.1. The van der Waals surface area contributed by atoms with Crippen LogP contribution in [0, 0.1) is 5.41 Å². The lowest BCUT2D eigenvalue weighted by molar-refractivity contribution is -0.142. The molecule has 0 atom stereocenters. The minimum atomic E-state index is -0.667. The number of amides is 1. The highest BCUT2D eigenvalue weighted by Crippen LogP contribution is 2.35. The first-order chi connectivity index (χ1) is 8.69. The summed E-state index contributed by atoms with van der Waals surface area (Å²) in [7, 11) is 1.87. The van der Waals surface area contributed by atoms with Crippen molar-refractivity contribution in [2.45, 2.75) is 72.3 Å². The molecule has 0 saturated heterocycles. The molecule has 4 heteroatoms. The third-order valence-electron chi connectivity index (χ3n) is 4.31. The van der Waals surface area contributed by atoms with Gasteiger partial charge in [-0.1, -0.05) is 45.8 Å². The molecular formula is C15H30N2OS. The van der Waals surface area contributed by atoms with Crippen molar-refractivity contribution in [2.24, 2.45) is 11.1 Å². The zero-order chi connectivity index (χ0) is 15.3. The maximum Gasteiger partial charge on any atom is 0.235 e. The molecule has 0 aromatic rings. The van der Waals surface area contributed by atoms with E-state index in [2.05, 4.69) is 34.6 Å². The third-order valence-corrected chi connectivity index (χ3v) is 4.70. The second-order valence-corrected chi connectivity index (χ2v) is 6.42. The average Bonchev–Trinajstić information content (AvgIpc) is 2.36. The van der Waals surface area contributed by atoms with Crippen LogP contribution in [0.4, 0.5) is 0 Å². The minimum Gasteiger partial charge on any atom is -0.392 e. The van der Waals surface area contributed by atoms with Crippen molar-refractivity contribution >= 4 is 23.1 Å². The topological polar surface area (TPSA) is 46.3 Å². The molecule has 2 N–H and O–H groups in total. The van der Waals surface area contributed by atoms with Crippen LogP contribution >= 0.6 is 12.2 Å². The molecule has 0 bridgehead atoms. The second kappa shape index (κ2) is 7.22. The molecule has 0 aliphatic heterocycles. The summed E-state index contributed by atoms with van der Waals surface area (Å²) in [5.74, 6) is 0.0792. The number of carbonyl (C=O) groups is 1. The summed E-state index contributed by atoms with van der Waals surface area (Å²) in [5, 5.41) is 0. The fraction of sp³-hybridized carbons (Fsp3) is 0.867. The van der Waals surface area contributed by atoms with Crippen LogP contribution in [0.3, 0.4) is 0 Å².